The Morgan fingerprint density at radius 3 is 2.95 bits per heavy atom. The largest absolute Gasteiger partial charge is 0.328 e. The molecule has 0 N–H and O–H groups in total. The van der Waals surface area contributed by atoms with Crippen molar-refractivity contribution in [2.24, 2.45) is 0 Å². The van der Waals surface area contributed by atoms with Gasteiger partial charge in [-0.1, -0.05) is 0 Å². The van der Waals surface area contributed by atoms with Crippen LogP contribution in [0.25, 0.3) is 0 Å². The van der Waals surface area contributed by atoms with E-state index >= 15 is 0 Å². The van der Waals surface area contributed by atoms with Crippen molar-refractivity contribution < 1.29 is 13.6 Å². The maximum absolute atomic E-state index is 13.7. The SMILES string of the molecule is O=C(c1ncc(F)cc1F)N1CCC[C@H]1c1nccs1. The van der Waals surface area contributed by atoms with Crippen LogP contribution in [0.3, 0.4) is 0 Å². The van der Waals surface area contributed by atoms with Crippen LogP contribution in [0.1, 0.15) is 34.4 Å². The average Bonchev–Trinajstić information content (AvgIpc) is 3.09. The Kier molecular flexibility index (Phi) is 3.43. The molecule has 1 aliphatic rings. The summed E-state index contributed by atoms with van der Waals surface area (Å²) in [4.78, 5) is 21.7. The Morgan fingerprint density at radius 2 is 2.25 bits per heavy atom. The van der Waals surface area contributed by atoms with Crippen molar-refractivity contribution in [1.29, 1.82) is 0 Å². The second-order valence-electron chi connectivity index (χ2n) is 4.51. The van der Waals surface area contributed by atoms with E-state index in [0.29, 0.717) is 12.6 Å². The van der Waals surface area contributed by atoms with Gasteiger partial charge in [-0.05, 0) is 12.8 Å². The predicted molar refractivity (Wildman–Crippen MR) is 69.3 cm³/mol. The lowest BCUT2D eigenvalue weighted by Gasteiger charge is -2.22. The van der Waals surface area contributed by atoms with Crippen molar-refractivity contribution in [1.82, 2.24) is 14.9 Å². The fourth-order valence-corrected chi connectivity index (χ4v) is 3.16. The third kappa shape index (κ3) is 2.29. The maximum atomic E-state index is 13.7. The number of hydrogen-bond donors (Lipinski definition) is 0. The van der Waals surface area contributed by atoms with Crippen molar-refractivity contribution in [3.63, 3.8) is 0 Å². The summed E-state index contributed by atoms with van der Waals surface area (Å²) in [5.41, 5.74) is -0.338. The zero-order chi connectivity index (χ0) is 14.1. The van der Waals surface area contributed by atoms with Crippen molar-refractivity contribution in [2.45, 2.75) is 18.9 Å². The number of amides is 1. The summed E-state index contributed by atoms with van der Waals surface area (Å²) >= 11 is 1.46. The second kappa shape index (κ2) is 5.24. The molecule has 0 spiro atoms. The molecule has 0 bridgehead atoms. The summed E-state index contributed by atoms with van der Waals surface area (Å²) in [5.74, 6) is -2.24. The molecular weight excluding hydrogens is 284 g/mol. The summed E-state index contributed by atoms with van der Waals surface area (Å²) in [7, 11) is 0. The Hall–Kier alpha value is -1.89. The van der Waals surface area contributed by atoms with E-state index in [4.69, 9.17) is 0 Å². The lowest BCUT2D eigenvalue weighted by Crippen LogP contribution is -2.32. The first-order valence-electron chi connectivity index (χ1n) is 6.18. The monoisotopic (exact) mass is 295 g/mol. The molecule has 1 amide bonds. The number of aromatic nitrogens is 2. The van der Waals surface area contributed by atoms with E-state index in [1.807, 2.05) is 5.38 Å². The van der Waals surface area contributed by atoms with E-state index in [-0.39, 0.29) is 11.7 Å². The van der Waals surface area contributed by atoms with Crippen LogP contribution in [-0.2, 0) is 0 Å². The average molecular weight is 295 g/mol. The smallest absolute Gasteiger partial charge is 0.276 e. The van der Waals surface area contributed by atoms with Crippen LogP contribution in [-0.4, -0.2) is 27.3 Å². The highest BCUT2D eigenvalue weighted by molar-refractivity contribution is 7.09. The molecule has 104 valence electrons. The molecule has 0 aliphatic carbocycles. The van der Waals surface area contributed by atoms with E-state index < -0.39 is 17.5 Å². The lowest BCUT2D eigenvalue weighted by atomic mass is 10.2. The number of rotatable bonds is 2. The van der Waals surface area contributed by atoms with Gasteiger partial charge >= 0.3 is 0 Å². The quantitative estimate of drug-likeness (QED) is 0.856. The van der Waals surface area contributed by atoms with Gasteiger partial charge in [0.05, 0.1) is 12.2 Å². The molecule has 0 unspecified atom stereocenters. The van der Waals surface area contributed by atoms with Gasteiger partial charge in [0.25, 0.3) is 5.91 Å². The number of thiazole rings is 1. The summed E-state index contributed by atoms with van der Waals surface area (Å²) in [6.45, 7) is 0.529. The molecule has 2 aromatic rings. The fourth-order valence-electron chi connectivity index (χ4n) is 2.37. The van der Waals surface area contributed by atoms with Gasteiger partial charge in [0, 0.05) is 24.2 Å². The van der Waals surface area contributed by atoms with Crippen LogP contribution in [0.5, 0.6) is 0 Å². The van der Waals surface area contributed by atoms with E-state index in [2.05, 4.69) is 9.97 Å². The van der Waals surface area contributed by atoms with Gasteiger partial charge in [0.1, 0.15) is 10.8 Å². The molecule has 0 aromatic carbocycles. The summed E-state index contributed by atoms with van der Waals surface area (Å²) in [5, 5.41) is 2.67. The third-order valence-electron chi connectivity index (χ3n) is 3.26. The van der Waals surface area contributed by atoms with Crippen molar-refractivity contribution >= 4 is 17.2 Å². The fraction of sp³-hybridized carbons (Fsp3) is 0.308. The third-order valence-corrected chi connectivity index (χ3v) is 4.14. The first kappa shape index (κ1) is 13.1. The zero-order valence-corrected chi connectivity index (χ0v) is 11.2. The molecule has 7 heteroatoms. The van der Waals surface area contributed by atoms with Gasteiger partial charge in [0.2, 0.25) is 0 Å². The van der Waals surface area contributed by atoms with Crippen LogP contribution in [0.15, 0.2) is 23.8 Å². The number of likely N-dealkylation sites (tertiary alicyclic amines) is 1. The summed E-state index contributed by atoms with van der Waals surface area (Å²) < 4.78 is 26.5. The molecule has 1 atom stereocenters. The number of carbonyl (C=O) groups excluding carboxylic acids is 1. The van der Waals surface area contributed by atoms with Crippen LogP contribution in [0, 0.1) is 11.6 Å². The second-order valence-corrected chi connectivity index (χ2v) is 5.44. The van der Waals surface area contributed by atoms with Crippen LogP contribution in [0.2, 0.25) is 0 Å². The highest BCUT2D eigenvalue weighted by atomic mass is 32.1. The Labute approximate surface area is 118 Å². The molecule has 3 rings (SSSR count). The Balaban J connectivity index is 1.89. The van der Waals surface area contributed by atoms with Crippen LogP contribution >= 0.6 is 11.3 Å². The summed E-state index contributed by atoms with van der Waals surface area (Å²) in [6.07, 6.45) is 4.16. The minimum absolute atomic E-state index is 0.145. The highest BCUT2D eigenvalue weighted by Gasteiger charge is 2.33. The van der Waals surface area contributed by atoms with Gasteiger partial charge in [0.15, 0.2) is 11.5 Å². The normalized spacial score (nSPS) is 18.5. The maximum Gasteiger partial charge on any atom is 0.276 e. The number of hydrogen-bond acceptors (Lipinski definition) is 4. The Bertz CT molecular complexity index is 633. The minimum Gasteiger partial charge on any atom is -0.328 e. The van der Waals surface area contributed by atoms with E-state index in [1.165, 1.54) is 11.3 Å². The van der Waals surface area contributed by atoms with Crippen molar-refractivity contribution in [3.8, 4) is 0 Å². The number of carbonyl (C=O) groups is 1. The van der Waals surface area contributed by atoms with Crippen molar-refractivity contribution in [2.75, 3.05) is 6.54 Å². The number of nitrogens with zero attached hydrogens (tertiary/aromatic N) is 3. The predicted octanol–water partition coefficient (Wildman–Crippen LogP) is 2.79. The van der Waals surface area contributed by atoms with Gasteiger partial charge in [-0.15, -0.1) is 11.3 Å². The van der Waals surface area contributed by atoms with Gasteiger partial charge in [-0.2, -0.15) is 0 Å². The molecule has 1 saturated heterocycles. The van der Waals surface area contributed by atoms with Crippen molar-refractivity contribution in [3.05, 3.63) is 46.2 Å². The molecule has 0 saturated carbocycles. The topological polar surface area (TPSA) is 46.1 Å². The molecule has 0 radical (unpaired) electrons. The van der Waals surface area contributed by atoms with Crippen LogP contribution < -0.4 is 0 Å². The molecule has 4 nitrogen and oxygen atoms in total. The van der Waals surface area contributed by atoms with Gasteiger partial charge in [-0.25, -0.2) is 18.7 Å². The van der Waals surface area contributed by atoms with E-state index in [9.17, 15) is 13.6 Å². The van der Waals surface area contributed by atoms with E-state index in [0.717, 1.165) is 24.0 Å². The molecule has 1 aliphatic heterocycles. The molecule has 2 aromatic heterocycles. The molecule has 1 fully saturated rings. The molecular formula is C13H11F2N3OS. The first-order chi connectivity index (χ1) is 9.66. The standard InChI is InChI=1S/C13H11F2N3OS/c14-8-6-9(15)11(17-7-8)13(19)18-4-1-2-10(18)12-16-3-5-20-12/h3,5-7,10H,1-2,4H2/t10-/m0/s1. The number of pyridine rings is 1. The van der Waals surface area contributed by atoms with E-state index in [1.54, 1.807) is 11.1 Å². The summed E-state index contributed by atoms with van der Waals surface area (Å²) in [6, 6.07) is 0.531. The highest BCUT2D eigenvalue weighted by Crippen LogP contribution is 2.34. The minimum atomic E-state index is -0.931. The van der Waals surface area contributed by atoms with Gasteiger partial charge in [-0.3, -0.25) is 4.79 Å². The zero-order valence-electron chi connectivity index (χ0n) is 10.4. The van der Waals surface area contributed by atoms with Gasteiger partial charge < -0.3 is 4.90 Å². The molecule has 20 heavy (non-hydrogen) atoms. The first-order valence-corrected chi connectivity index (χ1v) is 7.06. The lowest BCUT2D eigenvalue weighted by molar-refractivity contribution is 0.0724. The molecule has 3 heterocycles. The number of halogens is 2. The Morgan fingerprint density at radius 1 is 1.40 bits per heavy atom. The van der Waals surface area contributed by atoms with Crippen LogP contribution in [0.4, 0.5) is 8.78 Å².